The first-order valence-electron chi connectivity index (χ1n) is 9.37. The maximum Gasteiger partial charge on any atom is 0.416 e. The van der Waals surface area contributed by atoms with Gasteiger partial charge in [0.1, 0.15) is 5.82 Å². The van der Waals surface area contributed by atoms with E-state index in [0.717, 1.165) is 12.1 Å². The van der Waals surface area contributed by atoms with Crippen LogP contribution >= 0.6 is 0 Å². The highest BCUT2D eigenvalue weighted by molar-refractivity contribution is 6.05. The molecule has 1 aliphatic rings. The maximum absolute atomic E-state index is 13.0. The second kappa shape index (κ2) is 9.25. The summed E-state index contributed by atoms with van der Waals surface area (Å²) in [6.45, 7) is 0.811. The Morgan fingerprint density at radius 3 is 2.43 bits per heavy atom. The summed E-state index contributed by atoms with van der Waals surface area (Å²) in [5, 5.41) is 8.25. The second-order valence-electron chi connectivity index (χ2n) is 6.91. The van der Waals surface area contributed by atoms with Crippen LogP contribution in [0.5, 0.6) is 0 Å². The number of rotatable bonds is 6. The van der Waals surface area contributed by atoms with Gasteiger partial charge in [-0.1, -0.05) is 12.1 Å². The third-order valence-corrected chi connectivity index (χ3v) is 4.75. The summed E-state index contributed by atoms with van der Waals surface area (Å²) in [7, 11) is 1.59. The van der Waals surface area contributed by atoms with E-state index in [1.807, 2.05) is 0 Å². The second-order valence-corrected chi connectivity index (χ2v) is 6.91. The van der Waals surface area contributed by atoms with E-state index in [1.54, 1.807) is 7.11 Å². The molecular formula is C21H21F4N3O2. The van der Waals surface area contributed by atoms with E-state index in [2.05, 4.69) is 10.4 Å². The Balaban J connectivity index is 1.79. The molecular weight excluding hydrogens is 402 g/mol. The molecule has 3 rings (SSSR count). The molecule has 0 radical (unpaired) electrons. The molecule has 0 saturated heterocycles. The van der Waals surface area contributed by atoms with Crippen molar-refractivity contribution in [1.82, 2.24) is 5.01 Å². The van der Waals surface area contributed by atoms with E-state index < -0.39 is 23.6 Å². The van der Waals surface area contributed by atoms with Gasteiger partial charge in [-0.3, -0.25) is 0 Å². The lowest BCUT2D eigenvalue weighted by molar-refractivity contribution is -0.137. The van der Waals surface area contributed by atoms with Gasteiger partial charge in [0.25, 0.3) is 0 Å². The minimum atomic E-state index is -4.42. The molecule has 0 bridgehead atoms. The van der Waals surface area contributed by atoms with Crippen LogP contribution in [-0.2, 0) is 10.9 Å². The predicted octanol–water partition coefficient (Wildman–Crippen LogP) is 5.14. The Morgan fingerprint density at radius 1 is 1.17 bits per heavy atom. The van der Waals surface area contributed by atoms with E-state index in [-0.39, 0.29) is 12.5 Å². The van der Waals surface area contributed by atoms with Gasteiger partial charge in [0.2, 0.25) is 0 Å². The number of carbonyl (C=O) groups is 1. The van der Waals surface area contributed by atoms with Gasteiger partial charge in [0, 0.05) is 25.3 Å². The van der Waals surface area contributed by atoms with E-state index in [4.69, 9.17) is 4.74 Å². The molecule has 5 nitrogen and oxygen atoms in total. The highest BCUT2D eigenvalue weighted by atomic mass is 19.4. The van der Waals surface area contributed by atoms with Gasteiger partial charge in [0.15, 0.2) is 0 Å². The normalized spacial score (nSPS) is 16.5. The first-order valence-corrected chi connectivity index (χ1v) is 9.37. The largest absolute Gasteiger partial charge is 0.416 e. The van der Waals surface area contributed by atoms with Crippen molar-refractivity contribution < 1.29 is 27.1 Å². The van der Waals surface area contributed by atoms with Crippen molar-refractivity contribution in [2.45, 2.75) is 19.0 Å². The van der Waals surface area contributed by atoms with Crippen molar-refractivity contribution in [3.8, 4) is 0 Å². The molecule has 0 fully saturated rings. The van der Waals surface area contributed by atoms with E-state index >= 15 is 0 Å². The molecule has 1 atom stereocenters. The number of amides is 2. The number of methoxy groups -OCH3 is 1. The Morgan fingerprint density at radius 2 is 1.83 bits per heavy atom. The van der Waals surface area contributed by atoms with Crippen LogP contribution < -0.4 is 5.32 Å². The fraction of sp³-hybridized carbons (Fsp3) is 0.333. The van der Waals surface area contributed by atoms with Crippen LogP contribution in [0, 0.1) is 11.7 Å². The number of carbonyl (C=O) groups excluding carboxylic acids is 1. The third-order valence-electron chi connectivity index (χ3n) is 4.75. The zero-order valence-electron chi connectivity index (χ0n) is 16.2. The zero-order chi connectivity index (χ0) is 21.7. The van der Waals surface area contributed by atoms with Gasteiger partial charge in [0.05, 0.1) is 17.8 Å². The number of alkyl halides is 3. The Bertz CT molecular complexity index is 896. The predicted molar refractivity (Wildman–Crippen MR) is 105 cm³/mol. The smallest absolute Gasteiger partial charge is 0.385 e. The van der Waals surface area contributed by atoms with E-state index in [1.165, 1.54) is 41.4 Å². The van der Waals surface area contributed by atoms with Gasteiger partial charge in [-0.2, -0.15) is 18.3 Å². The minimum Gasteiger partial charge on any atom is -0.385 e. The molecule has 9 heteroatoms. The third kappa shape index (κ3) is 5.35. The number of hydrogen-bond acceptors (Lipinski definition) is 3. The quantitative estimate of drug-likeness (QED) is 0.517. The number of nitrogens with one attached hydrogen (secondary N) is 1. The van der Waals surface area contributed by atoms with Crippen molar-refractivity contribution >= 4 is 17.4 Å². The lowest BCUT2D eigenvalue weighted by atomic mass is 9.93. The van der Waals surface area contributed by atoms with Gasteiger partial charge in [-0.15, -0.1) is 0 Å². The van der Waals surface area contributed by atoms with Crippen molar-refractivity contribution in [3.63, 3.8) is 0 Å². The summed E-state index contributed by atoms with van der Waals surface area (Å²) in [6.07, 6.45) is -3.04. The molecule has 0 aromatic heterocycles. The number of hydrogen-bond donors (Lipinski definition) is 1. The minimum absolute atomic E-state index is 0.143. The van der Waals surface area contributed by atoms with Gasteiger partial charge in [-0.25, -0.2) is 14.2 Å². The van der Waals surface area contributed by atoms with Crippen LogP contribution in [0.4, 0.5) is 28.0 Å². The average Bonchev–Trinajstić information content (AvgIpc) is 3.14. The van der Waals surface area contributed by atoms with E-state index in [9.17, 15) is 22.4 Å². The van der Waals surface area contributed by atoms with Gasteiger partial charge >= 0.3 is 12.2 Å². The summed E-state index contributed by atoms with van der Waals surface area (Å²) >= 11 is 0. The average molecular weight is 423 g/mol. The summed E-state index contributed by atoms with van der Waals surface area (Å²) < 4.78 is 56.7. The molecule has 2 amide bonds. The van der Waals surface area contributed by atoms with Crippen molar-refractivity contribution in [1.29, 1.82) is 0 Å². The Kier molecular flexibility index (Phi) is 6.71. The molecule has 0 aliphatic carbocycles. The Hall–Kier alpha value is -2.94. The molecule has 1 heterocycles. The molecule has 160 valence electrons. The van der Waals surface area contributed by atoms with Crippen molar-refractivity contribution in [2.24, 2.45) is 11.0 Å². The number of hydrazone groups is 1. The number of benzene rings is 2. The number of anilines is 1. The van der Waals surface area contributed by atoms with Crippen LogP contribution in [0.2, 0.25) is 0 Å². The van der Waals surface area contributed by atoms with Crippen molar-refractivity contribution in [2.75, 3.05) is 25.6 Å². The number of ether oxygens (including phenoxy) is 1. The molecule has 2 aromatic rings. The molecule has 1 unspecified atom stereocenters. The molecule has 1 N–H and O–H groups in total. The van der Waals surface area contributed by atoms with Crippen molar-refractivity contribution in [3.05, 3.63) is 65.5 Å². The number of halogens is 4. The summed E-state index contributed by atoms with van der Waals surface area (Å²) in [5.41, 5.74) is 0.749. The monoisotopic (exact) mass is 423 g/mol. The molecule has 30 heavy (non-hydrogen) atoms. The maximum atomic E-state index is 13.0. The van der Waals surface area contributed by atoms with Crippen LogP contribution in [0.25, 0.3) is 0 Å². The summed E-state index contributed by atoms with van der Waals surface area (Å²) in [6, 6.07) is 9.56. The molecule has 2 aromatic carbocycles. The van der Waals surface area contributed by atoms with Crippen LogP contribution in [0.1, 0.15) is 24.0 Å². The SMILES string of the molecule is COCCCC1CN(C(=O)Nc2ccc(F)cc2)N=C1c1ccc(C(F)(F)F)cc1. The van der Waals surface area contributed by atoms with Crippen LogP contribution in [0.3, 0.4) is 0 Å². The summed E-state index contributed by atoms with van der Waals surface area (Å²) in [4.78, 5) is 12.6. The number of nitrogens with zero attached hydrogens (tertiary/aromatic N) is 2. The highest BCUT2D eigenvalue weighted by Gasteiger charge is 2.33. The fourth-order valence-electron chi connectivity index (χ4n) is 3.22. The topological polar surface area (TPSA) is 53.9 Å². The fourth-order valence-corrected chi connectivity index (χ4v) is 3.22. The number of urea groups is 1. The first-order chi connectivity index (χ1) is 14.3. The van der Waals surface area contributed by atoms with Gasteiger partial charge < -0.3 is 10.1 Å². The van der Waals surface area contributed by atoms with E-state index in [0.29, 0.717) is 36.4 Å². The lowest BCUT2D eigenvalue weighted by Gasteiger charge is -2.15. The van der Waals surface area contributed by atoms with Gasteiger partial charge in [-0.05, 0) is 54.8 Å². The highest BCUT2D eigenvalue weighted by Crippen LogP contribution is 2.31. The molecule has 1 aliphatic heterocycles. The first kappa shape index (κ1) is 21.8. The van der Waals surface area contributed by atoms with Crippen LogP contribution in [-0.4, -0.2) is 37.0 Å². The summed E-state index contributed by atoms with van der Waals surface area (Å²) in [5.74, 6) is -0.564. The van der Waals surface area contributed by atoms with Crippen LogP contribution in [0.15, 0.2) is 53.6 Å². The lowest BCUT2D eigenvalue weighted by Crippen LogP contribution is -2.30. The standard InChI is InChI=1S/C21H21F4N3O2/c1-30-12-2-3-15-13-28(20(29)26-18-10-8-17(22)9-11-18)27-19(15)14-4-6-16(7-5-14)21(23,24)25/h4-11,15H,2-3,12-13H2,1H3,(H,26,29). The molecule has 0 saturated carbocycles. The molecule has 0 spiro atoms. The Labute approximate surface area is 171 Å². The zero-order valence-corrected chi connectivity index (χ0v) is 16.2.